The third kappa shape index (κ3) is 3.86. The minimum absolute atomic E-state index is 0.119. The first-order valence-corrected chi connectivity index (χ1v) is 9.81. The molecule has 0 atom stereocenters. The summed E-state index contributed by atoms with van der Waals surface area (Å²) in [5, 5.41) is 2.74. The predicted molar refractivity (Wildman–Crippen MR) is 106 cm³/mol. The number of nitrogens with zero attached hydrogens (tertiary/aromatic N) is 4. The van der Waals surface area contributed by atoms with Crippen LogP contribution in [0.2, 0.25) is 0 Å². The van der Waals surface area contributed by atoms with E-state index >= 15 is 0 Å². The second-order valence-electron chi connectivity index (χ2n) is 7.13. The first kappa shape index (κ1) is 19.9. The number of piperazine rings is 1. The van der Waals surface area contributed by atoms with Crippen molar-refractivity contribution in [2.24, 2.45) is 0 Å². The Morgan fingerprint density at radius 2 is 2.00 bits per heavy atom. The number of H-pyrrole nitrogens is 1. The molecular weight excluding hydrogens is 390 g/mol. The number of ether oxygens (including phenoxy) is 1. The van der Waals surface area contributed by atoms with E-state index in [1.54, 1.807) is 30.9 Å². The molecule has 0 aliphatic carbocycles. The number of furan rings is 1. The molecule has 3 aromatic heterocycles. The topological polar surface area (TPSA) is 113 Å². The highest BCUT2D eigenvalue weighted by molar-refractivity contribution is 5.95. The second kappa shape index (κ2) is 8.15. The average molecular weight is 413 g/mol. The predicted octanol–water partition coefficient (Wildman–Crippen LogP) is 1.06. The number of amides is 1. The average Bonchev–Trinajstić information content (AvgIpc) is 3.35. The summed E-state index contributed by atoms with van der Waals surface area (Å²) >= 11 is 0. The molecule has 1 amide bonds. The van der Waals surface area contributed by atoms with Crippen molar-refractivity contribution in [1.82, 2.24) is 24.4 Å². The van der Waals surface area contributed by atoms with Gasteiger partial charge >= 0.3 is 5.97 Å². The lowest BCUT2D eigenvalue weighted by Crippen LogP contribution is -2.48. The highest BCUT2D eigenvalue weighted by atomic mass is 16.5. The number of hydrogen-bond acceptors (Lipinski definition) is 7. The summed E-state index contributed by atoms with van der Waals surface area (Å²) in [5.41, 5.74) is 0.733. The minimum atomic E-state index is -0.527. The lowest BCUT2D eigenvalue weighted by atomic mass is 10.2. The third-order valence-corrected chi connectivity index (χ3v) is 5.04. The fraction of sp³-hybridized carbons (Fsp3) is 0.400. The Kier molecular flexibility index (Phi) is 5.40. The minimum Gasteiger partial charge on any atom is -0.462 e. The maximum absolute atomic E-state index is 12.5. The van der Waals surface area contributed by atoms with Gasteiger partial charge in [-0.1, -0.05) is 0 Å². The highest BCUT2D eigenvalue weighted by Gasteiger charge is 2.25. The molecule has 3 aromatic rings. The number of rotatable bonds is 5. The van der Waals surface area contributed by atoms with Gasteiger partial charge in [-0.2, -0.15) is 0 Å². The molecule has 1 aliphatic rings. The number of carbonyl (C=O) groups is 2. The molecular formula is C20H23N5O5. The smallest absolute Gasteiger partial charge is 0.343 e. The van der Waals surface area contributed by atoms with Crippen LogP contribution in [0.1, 0.15) is 39.3 Å². The van der Waals surface area contributed by atoms with Crippen LogP contribution in [-0.2, 0) is 11.3 Å². The van der Waals surface area contributed by atoms with Crippen molar-refractivity contribution in [3.8, 4) is 0 Å². The Morgan fingerprint density at radius 3 is 2.67 bits per heavy atom. The Balaban J connectivity index is 1.45. The molecule has 30 heavy (non-hydrogen) atoms. The molecule has 10 nitrogen and oxygen atoms in total. The van der Waals surface area contributed by atoms with Crippen LogP contribution in [-0.4, -0.2) is 69.1 Å². The highest BCUT2D eigenvalue weighted by Crippen LogP contribution is 2.14. The van der Waals surface area contributed by atoms with Crippen LogP contribution in [0.3, 0.4) is 0 Å². The largest absolute Gasteiger partial charge is 0.462 e. The number of hydrogen-bond donors (Lipinski definition) is 1. The van der Waals surface area contributed by atoms with Crippen molar-refractivity contribution in [2.75, 3.05) is 32.8 Å². The molecule has 158 valence electrons. The van der Waals surface area contributed by atoms with Crippen molar-refractivity contribution >= 4 is 17.5 Å². The second-order valence-corrected chi connectivity index (χ2v) is 7.13. The molecule has 0 spiro atoms. The van der Waals surface area contributed by atoms with Gasteiger partial charge in [0.15, 0.2) is 11.4 Å². The number of aromatic nitrogens is 3. The molecule has 0 unspecified atom stereocenters. The maximum atomic E-state index is 12.5. The molecule has 0 radical (unpaired) electrons. The van der Waals surface area contributed by atoms with E-state index in [0.29, 0.717) is 49.9 Å². The Morgan fingerprint density at radius 1 is 1.23 bits per heavy atom. The van der Waals surface area contributed by atoms with Crippen LogP contribution >= 0.6 is 0 Å². The van der Waals surface area contributed by atoms with Gasteiger partial charge in [0.1, 0.15) is 11.3 Å². The lowest BCUT2D eigenvalue weighted by molar-refractivity contribution is 0.0528. The van der Waals surface area contributed by atoms with Crippen LogP contribution < -0.4 is 5.56 Å². The van der Waals surface area contributed by atoms with Gasteiger partial charge in [-0.3, -0.25) is 19.6 Å². The van der Waals surface area contributed by atoms with Crippen LogP contribution in [0.15, 0.2) is 33.6 Å². The van der Waals surface area contributed by atoms with Gasteiger partial charge in [0.25, 0.3) is 11.5 Å². The van der Waals surface area contributed by atoms with E-state index < -0.39 is 5.97 Å². The van der Waals surface area contributed by atoms with E-state index in [2.05, 4.69) is 15.0 Å². The molecule has 4 rings (SSSR count). The summed E-state index contributed by atoms with van der Waals surface area (Å²) < 4.78 is 11.7. The van der Waals surface area contributed by atoms with Crippen molar-refractivity contribution in [1.29, 1.82) is 0 Å². The maximum Gasteiger partial charge on any atom is 0.343 e. The van der Waals surface area contributed by atoms with E-state index in [1.165, 1.54) is 16.8 Å². The number of aryl methyl sites for hydroxylation is 1. The Hall–Kier alpha value is -3.40. The van der Waals surface area contributed by atoms with Crippen molar-refractivity contribution < 1.29 is 18.7 Å². The Bertz CT molecular complexity index is 1140. The standard InChI is InChI=1S/C20H23N5O5/c1-3-29-20(28)15-11-21-25-17(26)10-14(22-18(15)25)12-23-6-8-24(9-7-23)19(27)16-5-4-13(2)30-16/h4-5,10-11,21H,3,6-9,12H2,1-2H3. The van der Waals surface area contributed by atoms with Crippen LogP contribution in [0.5, 0.6) is 0 Å². The number of carbonyl (C=O) groups excluding carboxylic acids is 2. The summed E-state index contributed by atoms with van der Waals surface area (Å²) in [6, 6.07) is 4.91. The molecule has 10 heteroatoms. The normalized spacial score (nSPS) is 14.9. The summed E-state index contributed by atoms with van der Waals surface area (Å²) in [6.07, 6.45) is 1.42. The molecule has 1 N–H and O–H groups in total. The first-order valence-electron chi connectivity index (χ1n) is 9.81. The monoisotopic (exact) mass is 413 g/mol. The number of aromatic amines is 1. The molecule has 4 heterocycles. The fourth-order valence-electron chi connectivity index (χ4n) is 3.51. The summed E-state index contributed by atoms with van der Waals surface area (Å²) in [4.78, 5) is 45.4. The van der Waals surface area contributed by atoms with Crippen LogP contribution in [0.4, 0.5) is 0 Å². The number of fused-ring (bicyclic) bond motifs is 1. The van der Waals surface area contributed by atoms with Gasteiger partial charge in [0.2, 0.25) is 0 Å². The Labute approximate surface area is 172 Å². The van der Waals surface area contributed by atoms with Crippen molar-refractivity contribution in [3.63, 3.8) is 0 Å². The van der Waals surface area contributed by atoms with Gasteiger partial charge in [0.05, 0.1) is 12.3 Å². The van der Waals surface area contributed by atoms with Gasteiger partial charge in [0, 0.05) is 45.0 Å². The summed E-state index contributed by atoms with van der Waals surface area (Å²) in [7, 11) is 0. The van der Waals surface area contributed by atoms with Gasteiger partial charge in [-0.05, 0) is 26.0 Å². The summed E-state index contributed by atoms with van der Waals surface area (Å²) in [6.45, 7) is 6.60. The van der Waals surface area contributed by atoms with Crippen LogP contribution in [0.25, 0.3) is 5.65 Å². The van der Waals surface area contributed by atoms with Gasteiger partial charge < -0.3 is 14.1 Å². The SMILES string of the molecule is CCOC(=O)c1c[nH]n2c(=O)cc(CN3CCN(C(=O)c4ccc(C)o4)CC3)nc12. The van der Waals surface area contributed by atoms with Crippen molar-refractivity contribution in [2.45, 2.75) is 20.4 Å². The zero-order chi connectivity index (χ0) is 21.3. The summed E-state index contributed by atoms with van der Waals surface area (Å²) in [5.74, 6) is 0.407. The van der Waals surface area contributed by atoms with E-state index in [9.17, 15) is 14.4 Å². The third-order valence-electron chi connectivity index (χ3n) is 5.04. The van der Waals surface area contributed by atoms with E-state index in [0.717, 1.165) is 0 Å². The number of esters is 1. The lowest BCUT2D eigenvalue weighted by Gasteiger charge is -2.34. The quantitative estimate of drug-likeness (QED) is 0.622. The number of nitrogens with one attached hydrogen (secondary N) is 1. The van der Waals surface area contributed by atoms with Crippen LogP contribution in [0, 0.1) is 6.92 Å². The molecule has 0 bridgehead atoms. The fourth-order valence-corrected chi connectivity index (χ4v) is 3.51. The van der Waals surface area contributed by atoms with E-state index in [1.807, 2.05) is 0 Å². The van der Waals surface area contributed by atoms with E-state index in [4.69, 9.17) is 9.15 Å². The van der Waals surface area contributed by atoms with Gasteiger partial charge in [-0.25, -0.2) is 14.3 Å². The molecule has 1 aliphatic heterocycles. The first-order chi connectivity index (χ1) is 14.5. The molecule has 0 aromatic carbocycles. The molecule has 0 saturated carbocycles. The molecule has 1 saturated heterocycles. The van der Waals surface area contributed by atoms with Crippen molar-refractivity contribution in [3.05, 3.63) is 57.5 Å². The zero-order valence-corrected chi connectivity index (χ0v) is 16.9. The van der Waals surface area contributed by atoms with E-state index in [-0.39, 0.29) is 29.3 Å². The zero-order valence-electron chi connectivity index (χ0n) is 16.9. The molecule has 1 fully saturated rings. The van der Waals surface area contributed by atoms with Gasteiger partial charge in [-0.15, -0.1) is 0 Å².